The summed E-state index contributed by atoms with van der Waals surface area (Å²) in [5.41, 5.74) is 5.80. The van der Waals surface area contributed by atoms with Gasteiger partial charge in [0.15, 0.2) is 0 Å². The van der Waals surface area contributed by atoms with Crippen LogP contribution < -0.4 is 11.1 Å². The van der Waals surface area contributed by atoms with Crippen LogP contribution in [0.15, 0.2) is 27.9 Å². The zero-order valence-electron chi connectivity index (χ0n) is 18.2. The first-order valence-corrected chi connectivity index (χ1v) is 13.2. The smallest absolute Gasteiger partial charge is 0.352 e. The summed E-state index contributed by atoms with van der Waals surface area (Å²) in [4.78, 5) is 61.6. The van der Waals surface area contributed by atoms with Gasteiger partial charge < -0.3 is 21.3 Å². The van der Waals surface area contributed by atoms with Crippen LogP contribution in [0.1, 0.15) is 28.1 Å². The molecule has 2 aliphatic rings. The number of amides is 3. The highest BCUT2D eigenvalue weighted by atomic mass is 32.2. The second-order valence-corrected chi connectivity index (χ2v) is 10.9. The third-order valence-corrected chi connectivity index (χ3v) is 8.86. The number of nitrogens with one attached hydrogen (secondary N) is 2. The third kappa shape index (κ3) is 5.21. The first-order valence-electron chi connectivity index (χ1n) is 10.4. The number of thiophene rings is 1. The van der Waals surface area contributed by atoms with E-state index in [2.05, 4.69) is 25.9 Å². The lowest BCUT2D eigenvalue weighted by atomic mass is 9.99. The van der Waals surface area contributed by atoms with E-state index in [9.17, 15) is 34.2 Å². The number of carbonyl (C=O) groups is 5. The van der Waals surface area contributed by atoms with E-state index in [0.717, 1.165) is 28.0 Å². The fourth-order valence-corrected chi connectivity index (χ4v) is 7.16. The Labute approximate surface area is 215 Å². The molecule has 36 heavy (non-hydrogen) atoms. The molecule has 6 N–H and O–H groups in total. The van der Waals surface area contributed by atoms with Crippen molar-refractivity contribution in [3.05, 3.63) is 33.2 Å². The Bertz CT molecular complexity index is 1250. The number of carboxylic acid groups (broad SMARTS) is 2. The van der Waals surface area contributed by atoms with E-state index >= 15 is 0 Å². The molecular formula is C19H19N7O7S3. The number of tetrazole rings is 1. The number of aromatic carboxylic acids is 1. The average Bonchev–Trinajstić information content (AvgIpc) is 3.51. The van der Waals surface area contributed by atoms with Gasteiger partial charge in [-0.1, -0.05) is 11.8 Å². The van der Waals surface area contributed by atoms with Crippen molar-refractivity contribution < 1.29 is 34.2 Å². The fraction of sp³-hybridized carbons (Fsp3) is 0.368. The van der Waals surface area contributed by atoms with Crippen molar-refractivity contribution in [3.8, 4) is 0 Å². The summed E-state index contributed by atoms with van der Waals surface area (Å²) in [6.45, 7) is 0. The van der Waals surface area contributed by atoms with Crippen LogP contribution in [0.5, 0.6) is 0 Å². The number of aromatic nitrogens is 4. The number of fused-ring (bicyclic) bond motifs is 1. The number of carbonyl (C=O) groups excluding carboxylic acids is 3. The van der Waals surface area contributed by atoms with Gasteiger partial charge in [-0.2, -0.15) is 5.21 Å². The minimum atomic E-state index is -1.32. The summed E-state index contributed by atoms with van der Waals surface area (Å²) >= 11 is 3.36. The first-order chi connectivity index (χ1) is 17.2. The molecule has 3 amide bonds. The van der Waals surface area contributed by atoms with Crippen molar-refractivity contribution in [2.75, 3.05) is 5.75 Å². The lowest BCUT2D eigenvalue weighted by Crippen LogP contribution is -2.70. The van der Waals surface area contributed by atoms with Crippen molar-refractivity contribution in [3.63, 3.8) is 0 Å². The predicted molar refractivity (Wildman–Crippen MR) is 127 cm³/mol. The standard InChI is InChI=1S/C19H19N7O7S3/c20-10(27)2-1-9(36-19-22-24-25-23-19)8-6-35-16-12(15(29)26(16)13(8)17(30)31)21-11(28)5-7-3-4-34-14(7)18(32)33/h3-4,9,12,16H,1-2,5-6H2,(H2,20,27)(H,21,28)(H,30,31)(H,32,33)(H,22,23,24,25)/t9?,12?,16-/m0/s1. The van der Waals surface area contributed by atoms with E-state index < -0.39 is 46.3 Å². The summed E-state index contributed by atoms with van der Waals surface area (Å²) in [6, 6.07) is 0.572. The van der Waals surface area contributed by atoms with Crippen LogP contribution in [0.2, 0.25) is 0 Å². The highest BCUT2D eigenvalue weighted by Crippen LogP contribution is 2.44. The number of carboxylic acids is 2. The maximum Gasteiger partial charge on any atom is 0.352 e. The molecule has 1 fully saturated rings. The number of rotatable bonds is 11. The molecule has 0 radical (unpaired) electrons. The van der Waals surface area contributed by atoms with Crippen LogP contribution in [-0.4, -0.2) is 87.8 Å². The van der Waals surface area contributed by atoms with Gasteiger partial charge >= 0.3 is 11.9 Å². The Morgan fingerprint density at radius 2 is 2.08 bits per heavy atom. The normalized spacial score (nSPS) is 19.9. The van der Waals surface area contributed by atoms with E-state index in [1.54, 1.807) is 5.38 Å². The Morgan fingerprint density at radius 3 is 2.72 bits per heavy atom. The zero-order valence-corrected chi connectivity index (χ0v) is 20.7. The van der Waals surface area contributed by atoms with E-state index in [0.29, 0.717) is 11.1 Å². The number of H-pyrrole nitrogens is 1. The third-order valence-electron chi connectivity index (χ3n) is 5.42. The molecular weight excluding hydrogens is 534 g/mol. The Morgan fingerprint density at radius 1 is 1.31 bits per heavy atom. The van der Waals surface area contributed by atoms with Gasteiger partial charge in [-0.05, 0) is 34.2 Å². The number of aromatic amines is 1. The van der Waals surface area contributed by atoms with Crippen molar-refractivity contribution in [1.82, 2.24) is 30.8 Å². The van der Waals surface area contributed by atoms with Gasteiger partial charge in [0.2, 0.25) is 17.0 Å². The SMILES string of the molecule is NC(=O)CCC(Sc1nn[nH]n1)C1=C(C(=O)O)N2C(=O)C(NC(=O)Cc3ccsc3C(=O)O)[C@@H]2SC1. The molecule has 1 saturated heterocycles. The predicted octanol–water partition coefficient (Wildman–Crippen LogP) is -0.333. The van der Waals surface area contributed by atoms with Crippen LogP contribution in [-0.2, 0) is 25.6 Å². The van der Waals surface area contributed by atoms with Crippen LogP contribution in [0.4, 0.5) is 0 Å². The molecule has 2 unspecified atom stereocenters. The number of hydrogen-bond acceptors (Lipinski definition) is 11. The summed E-state index contributed by atoms with van der Waals surface area (Å²) in [7, 11) is 0. The second kappa shape index (κ2) is 10.7. The molecule has 0 aromatic carbocycles. The van der Waals surface area contributed by atoms with Gasteiger partial charge in [-0.3, -0.25) is 19.3 Å². The zero-order chi connectivity index (χ0) is 26.0. The molecule has 0 spiro atoms. The Hall–Kier alpha value is -3.44. The molecule has 0 aliphatic carbocycles. The summed E-state index contributed by atoms with van der Waals surface area (Å²) in [5.74, 6) is -3.97. The van der Waals surface area contributed by atoms with Gasteiger partial charge in [0.25, 0.3) is 5.91 Å². The lowest BCUT2D eigenvalue weighted by molar-refractivity contribution is -0.150. The van der Waals surface area contributed by atoms with Crippen LogP contribution in [0.25, 0.3) is 0 Å². The van der Waals surface area contributed by atoms with Crippen molar-refractivity contribution in [1.29, 1.82) is 0 Å². The lowest BCUT2D eigenvalue weighted by Gasteiger charge is -2.50. The molecule has 0 bridgehead atoms. The number of thioether (sulfide) groups is 2. The number of hydrogen-bond donors (Lipinski definition) is 5. The van der Waals surface area contributed by atoms with Gasteiger partial charge in [0.1, 0.15) is 22.0 Å². The molecule has 0 saturated carbocycles. The monoisotopic (exact) mass is 553 g/mol. The molecule has 3 atom stereocenters. The number of nitrogens with zero attached hydrogens (tertiary/aromatic N) is 4. The second-order valence-electron chi connectivity index (χ2n) is 7.70. The highest BCUT2D eigenvalue weighted by Gasteiger charge is 2.54. The molecule has 190 valence electrons. The number of β-lactam (4-membered cyclic amide) rings is 1. The van der Waals surface area contributed by atoms with Crippen LogP contribution in [0.3, 0.4) is 0 Å². The Balaban J connectivity index is 1.52. The topological polar surface area (TPSA) is 222 Å². The largest absolute Gasteiger partial charge is 0.477 e. The van der Waals surface area contributed by atoms with Crippen molar-refractivity contribution in [2.24, 2.45) is 5.73 Å². The first kappa shape index (κ1) is 25.6. The van der Waals surface area contributed by atoms with E-state index in [1.165, 1.54) is 17.8 Å². The molecule has 4 rings (SSSR count). The van der Waals surface area contributed by atoms with Gasteiger partial charge in [0, 0.05) is 17.4 Å². The van der Waals surface area contributed by atoms with E-state index in [4.69, 9.17) is 5.73 Å². The van der Waals surface area contributed by atoms with Crippen LogP contribution in [0, 0.1) is 0 Å². The maximum atomic E-state index is 13.0. The molecule has 2 aromatic rings. The summed E-state index contributed by atoms with van der Waals surface area (Å²) in [5, 5.41) is 35.9. The molecule has 2 aliphatic heterocycles. The molecule has 4 heterocycles. The van der Waals surface area contributed by atoms with E-state index in [-0.39, 0.29) is 40.7 Å². The quantitative estimate of drug-likeness (QED) is 0.178. The van der Waals surface area contributed by atoms with Crippen molar-refractivity contribution >= 4 is 64.5 Å². The van der Waals surface area contributed by atoms with Gasteiger partial charge in [-0.15, -0.1) is 33.3 Å². The number of nitrogens with two attached hydrogens (primary N) is 1. The van der Waals surface area contributed by atoms with Gasteiger partial charge in [-0.25, -0.2) is 9.59 Å². The minimum absolute atomic E-state index is 0.0203. The van der Waals surface area contributed by atoms with Gasteiger partial charge in [0.05, 0.1) is 6.42 Å². The minimum Gasteiger partial charge on any atom is -0.477 e. The highest BCUT2D eigenvalue weighted by molar-refractivity contribution is 8.01. The maximum absolute atomic E-state index is 13.0. The van der Waals surface area contributed by atoms with Crippen molar-refractivity contribution in [2.45, 2.75) is 41.1 Å². The molecule has 17 heteroatoms. The summed E-state index contributed by atoms with van der Waals surface area (Å²) in [6.07, 6.45) is -0.0517. The summed E-state index contributed by atoms with van der Waals surface area (Å²) < 4.78 is 0. The van der Waals surface area contributed by atoms with Crippen LogP contribution >= 0.6 is 34.9 Å². The molecule has 14 nitrogen and oxygen atoms in total. The number of primary amides is 1. The molecule has 2 aromatic heterocycles. The number of aliphatic carboxylic acids is 1. The average molecular weight is 554 g/mol. The fourth-order valence-electron chi connectivity index (χ4n) is 3.86. The Kier molecular flexibility index (Phi) is 7.60. The van der Waals surface area contributed by atoms with E-state index in [1.807, 2.05) is 0 Å².